The summed E-state index contributed by atoms with van der Waals surface area (Å²) in [4.78, 5) is 3.88. The third-order valence-corrected chi connectivity index (χ3v) is 2.59. The summed E-state index contributed by atoms with van der Waals surface area (Å²) in [5, 5.41) is 6.80. The second kappa shape index (κ2) is 5.68. The van der Waals surface area contributed by atoms with Crippen LogP contribution >= 0.6 is 0 Å². The molecule has 1 heterocycles. The lowest BCUT2D eigenvalue weighted by molar-refractivity contribution is 0.408. The number of hydrogen-bond donors (Lipinski definition) is 1. The molecule has 0 spiro atoms. The average molecular weight is 253 g/mol. The molecule has 1 aromatic heterocycles. The van der Waals surface area contributed by atoms with Gasteiger partial charge in [-0.2, -0.15) is 4.98 Å². The molecular weight excluding hydrogens is 240 g/mol. The van der Waals surface area contributed by atoms with Crippen LogP contribution in [0.1, 0.15) is 24.4 Å². The molecule has 0 saturated carbocycles. The van der Waals surface area contributed by atoms with E-state index in [-0.39, 0.29) is 6.04 Å². The Morgan fingerprint density at radius 2 is 2.00 bits per heavy atom. The van der Waals surface area contributed by atoms with E-state index in [1.165, 1.54) is 18.5 Å². The molecule has 2 aromatic rings. The normalized spacial score (nSPS) is 12.6. The Labute approximate surface area is 103 Å². The molecule has 2 rings (SSSR count). The summed E-state index contributed by atoms with van der Waals surface area (Å²) in [6.45, 7) is 2.43. The van der Waals surface area contributed by atoms with Crippen LogP contribution in [0.3, 0.4) is 0 Å². The van der Waals surface area contributed by atoms with Crippen molar-refractivity contribution < 1.29 is 13.3 Å². The van der Waals surface area contributed by atoms with E-state index in [9.17, 15) is 8.78 Å². The third kappa shape index (κ3) is 3.33. The van der Waals surface area contributed by atoms with Gasteiger partial charge in [0.15, 0.2) is 5.82 Å². The number of aromatic nitrogens is 2. The minimum absolute atomic E-state index is 0.151. The van der Waals surface area contributed by atoms with Gasteiger partial charge in [-0.3, -0.25) is 0 Å². The fourth-order valence-corrected chi connectivity index (χ4v) is 1.65. The molecule has 0 fully saturated rings. The van der Waals surface area contributed by atoms with Crippen LogP contribution < -0.4 is 5.32 Å². The van der Waals surface area contributed by atoms with Crippen LogP contribution in [0.4, 0.5) is 8.78 Å². The number of halogens is 2. The van der Waals surface area contributed by atoms with E-state index in [4.69, 9.17) is 0 Å². The molecule has 0 bridgehead atoms. The second-order valence-electron chi connectivity index (χ2n) is 3.98. The molecule has 1 atom stereocenters. The van der Waals surface area contributed by atoms with Gasteiger partial charge in [0.25, 0.3) is 0 Å². The molecule has 18 heavy (non-hydrogen) atoms. The average Bonchev–Trinajstić information content (AvgIpc) is 2.80. The molecule has 1 N–H and O–H groups in total. The van der Waals surface area contributed by atoms with Gasteiger partial charge >= 0.3 is 0 Å². The topological polar surface area (TPSA) is 51.0 Å². The highest BCUT2D eigenvalue weighted by atomic mass is 19.1. The lowest BCUT2D eigenvalue weighted by Crippen LogP contribution is -2.22. The Morgan fingerprint density at radius 3 is 2.61 bits per heavy atom. The zero-order chi connectivity index (χ0) is 13.0. The lowest BCUT2D eigenvalue weighted by Gasteiger charge is -2.13. The predicted molar refractivity (Wildman–Crippen MR) is 60.8 cm³/mol. The maximum absolute atomic E-state index is 13.0. The summed E-state index contributed by atoms with van der Waals surface area (Å²) in [7, 11) is 0. The van der Waals surface area contributed by atoms with Crippen molar-refractivity contribution in [3.63, 3.8) is 0 Å². The van der Waals surface area contributed by atoms with E-state index >= 15 is 0 Å². The predicted octanol–water partition coefficient (Wildman–Crippen LogP) is 2.24. The number of nitrogens with zero attached hydrogens (tertiary/aromatic N) is 2. The fourth-order valence-electron chi connectivity index (χ4n) is 1.65. The van der Waals surface area contributed by atoms with Crippen molar-refractivity contribution in [3.05, 3.63) is 47.6 Å². The molecule has 0 amide bonds. The number of nitrogens with one attached hydrogen (secondary N) is 1. The van der Waals surface area contributed by atoms with Crippen molar-refractivity contribution in [1.29, 1.82) is 0 Å². The minimum atomic E-state index is -0.572. The minimum Gasteiger partial charge on any atom is -0.343 e. The number of benzene rings is 1. The van der Waals surface area contributed by atoms with E-state index in [1.807, 2.05) is 6.92 Å². The van der Waals surface area contributed by atoms with E-state index in [1.54, 1.807) is 0 Å². The molecule has 0 aliphatic heterocycles. The number of hydrogen-bond acceptors (Lipinski definition) is 4. The Bertz CT molecular complexity index is 482. The molecule has 0 aliphatic rings. The standard InChI is InChI=1S/C12H13F2N3O/c1-8(9-4-10(13)6-11(14)5-9)15-3-2-12-16-7-18-17-12/h4-8,15H,2-3H2,1H3. The van der Waals surface area contributed by atoms with Crippen LogP contribution in [-0.4, -0.2) is 16.7 Å². The van der Waals surface area contributed by atoms with E-state index in [0.29, 0.717) is 24.4 Å². The van der Waals surface area contributed by atoms with Gasteiger partial charge in [0.05, 0.1) is 0 Å². The Kier molecular flexibility index (Phi) is 3.99. The molecule has 96 valence electrons. The zero-order valence-corrected chi connectivity index (χ0v) is 9.86. The summed E-state index contributed by atoms with van der Waals surface area (Å²) in [5.74, 6) is -0.547. The van der Waals surface area contributed by atoms with Gasteiger partial charge in [-0.25, -0.2) is 8.78 Å². The van der Waals surface area contributed by atoms with Crippen LogP contribution in [0.5, 0.6) is 0 Å². The first-order valence-electron chi connectivity index (χ1n) is 5.60. The van der Waals surface area contributed by atoms with Crippen LogP contribution in [0.15, 0.2) is 29.1 Å². The summed E-state index contributed by atoms with van der Waals surface area (Å²) in [6.07, 6.45) is 1.86. The molecule has 0 aliphatic carbocycles. The Morgan fingerprint density at radius 1 is 1.28 bits per heavy atom. The van der Waals surface area contributed by atoms with Gasteiger partial charge in [-0.15, -0.1) is 0 Å². The summed E-state index contributed by atoms with van der Waals surface area (Å²) < 4.78 is 30.7. The fraction of sp³-hybridized carbons (Fsp3) is 0.333. The van der Waals surface area contributed by atoms with E-state index < -0.39 is 11.6 Å². The van der Waals surface area contributed by atoms with Gasteiger partial charge in [0.2, 0.25) is 6.39 Å². The maximum Gasteiger partial charge on any atom is 0.213 e. The first kappa shape index (κ1) is 12.6. The molecule has 0 saturated heterocycles. The Balaban J connectivity index is 1.89. The monoisotopic (exact) mass is 253 g/mol. The van der Waals surface area contributed by atoms with Gasteiger partial charge in [0, 0.05) is 25.1 Å². The maximum atomic E-state index is 13.0. The zero-order valence-electron chi connectivity index (χ0n) is 9.86. The quantitative estimate of drug-likeness (QED) is 0.887. The van der Waals surface area contributed by atoms with Gasteiger partial charge in [-0.1, -0.05) is 5.16 Å². The van der Waals surface area contributed by atoms with Crippen molar-refractivity contribution in [2.75, 3.05) is 6.54 Å². The summed E-state index contributed by atoms with van der Waals surface area (Å²) >= 11 is 0. The van der Waals surface area contributed by atoms with Crippen molar-refractivity contribution in [3.8, 4) is 0 Å². The van der Waals surface area contributed by atoms with E-state index in [0.717, 1.165) is 6.07 Å². The van der Waals surface area contributed by atoms with Crippen LogP contribution in [-0.2, 0) is 6.42 Å². The van der Waals surface area contributed by atoms with Crippen molar-refractivity contribution in [2.24, 2.45) is 0 Å². The Hall–Kier alpha value is -1.82. The first-order valence-corrected chi connectivity index (χ1v) is 5.60. The summed E-state index contributed by atoms with van der Waals surface area (Å²) in [6, 6.07) is 3.34. The molecule has 4 nitrogen and oxygen atoms in total. The highest BCUT2D eigenvalue weighted by Gasteiger charge is 2.08. The molecule has 0 radical (unpaired) electrons. The summed E-state index contributed by atoms with van der Waals surface area (Å²) in [5.41, 5.74) is 0.570. The lowest BCUT2D eigenvalue weighted by atomic mass is 10.1. The highest BCUT2D eigenvalue weighted by molar-refractivity contribution is 5.20. The largest absolute Gasteiger partial charge is 0.343 e. The first-order chi connectivity index (χ1) is 8.65. The molecular formula is C12H13F2N3O. The van der Waals surface area contributed by atoms with Crippen LogP contribution in [0, 0.1) is 11.6 Å². The highest BCUT2D eigenvalue weighted by Crippen LogP contribution is 2.15. The van der Waals surface area contributed by atoms with Crippen molar-refractivity contribution in [2.45, 2.75) is 19.4 Å². The number of rotatable bonds is 5. The molecule has 6 heteroatoms. The van der Waals surface area contributed by atoms with Gasteiger partial charge in [-0.05, 0) is 24.6 Å². The van der Waals surface area contributed by atoms with Crippen LogP contribution in [0.25, 0.3) is 0 Å². The molecule has 1 unspecified atom stereocenters. The smallest absolute Gasteiger partial charge is 0.213 e. The van der Waals surface area contributed by atoms with Gasteiger partial charge in [0.1, 0.15) is 11.6 Å². The van der Waals surface area contributed by atoms with Gasteiger partial charge < -0.3 is 9.84 Å². The van der Waals surface area contributed by atoms with Crippen molar-refractivity contribution in [1.82, 2.24) is 15.5 Å². The third-order valence-electron chi connectivity index (χ3n) is 2.59. The SMILES string of the molecule is CC(NCCc1ncon1)c1cc(F)cc(F)c1. The van der Waals surface area contributed by atoms with E-state index in [2.05, 4.69) is 20.0 Å². The second-order valence-corrected chi connectivity index (χ2v) is 3.98. The van der Waals surface area contributed by atoms with Crippen LogP contribution in [0.2, 0.25) is 0 Å². The van der Waals surface area contributed by atoms with Crippen molar-refractivity contribution >= 4 is 0 Å². The molecule has 1 aromatic carbocycles.